The Labute approximate surface area is 146 Å². The molecule has 2 saturated heterocycles. The second-order valence-electron chi connectivity index (χ2n) is 7.26. The van der Waals surface area contributed by atoms with Gasteiger partial charge in [-0.05, 0) is 25.7 Å². The number of rotatable bonds is 3. The van der Waals surface area contributed by atoms with Gasteiger partial charge in [-0.25, -0.2) is 9.78 Å². The summed E-state index contributed by atoms with van der Waals surface area (Å²) in [6, 6.07) is -0.229. The molecule has 0 aromatic carbocycles. The van der Waals surface area contributed by atoms with Crippen molar-refractivity contribution in [3.8, 4) is 0 Å². The number of urea groups is 1. The molecule has 0 bridgehead atoms. The zero-order valence-corrected chi connectivity index (χ0v) is 14.2. The predicted octanol–water partition coefficient (Wildman–Crippen LogP) is 0.911. The fraction of sp³-hybridized carbons (Fsp3) is 0.647. The van der Waals surface area contributed by atoms with E-state index >= 15 is 0 Å². The quantitative estimate of drug-likeness (QED) is 0.825. The number of carbonyl (C=O) groups excluding carboxylic acids is 3. The van der Waals surface area contributed by atoms with Gasteiger partial charge in [0.1, 0.15) is 12.1 Å². The van der Waals surface area contributed by atoms with Gasteiger partial charge in [-0.2, -0.15) is 0 Å². The van der Waals surface area contributed by atoms with E-state index in [2.05, 4.69) is 10.3 Å². The lowest BCUT2D eigenvalue weighted by Crippen LogP contribution is -2.48. The van der Waals surface area contributed by atoms with E-state index in [0.717, 1.165) is 30.6 Å². The van der Waals surface area contributed by atoms with E-state index in [9.17, 15) is 14.4 Å². The van der Waals surface area contributed by atoms with Crippen LogP contribution in [0, 0.1) is 0 Å². The molecule has 2 aliphatic heterocycles. The largest absolute Gasteiger partial charge is 0.339 e. The molecule has 3 heterocycles. The van der Waals surface area contributed by atoms with Gasteiger partial charge < -0.3 is 14.8 Å². The Kier molecular flexibility index (Phi) is 3.97. The summed E-state index contributed by atoms with van der Waals surface area (Å²) >= 11 is 0. The molecule has 8 heteroatoms. The van der Waals surface area contributed by atoms with Crippen LogP contribution in [0.2, 0.25) is 0 Å². The molecule has 4 amide bonds. The summed E-state index contributed by atoms with van der Waals surface area (Å²) in [7, 11) is 0. The first-order chi connectivity index (χ1) is 12.1. The Bertz CT molecular complexity index is 680. The molecular weight excluding hydrogens is 322 g/mol. The van der Waals surface area contributed by atoms with Crippen LogP contribution in [0.1, 0.15) is 44.6 Å². The average Bonchev–Trinajstić information content (AvgIpc) is 3.34. The Morgan fingerprint density at radius 2 is 2.08 bits per heavy atom. The first kappa shape index (κ1) is 16.1. The molecular formula is C17H23N5O3. The summed E-state index contributed by atoms with van der Waals surface area (Å²) in [6.45, 7) is 1.09. The van der Waals surface area contributed by atoms with Crippen molar-refractivity contribution in [3.63, 3.8) is 0 Å². The molecule has 1 spiro atoms. The Morgan fingerprint density at radius 1 is 1.28 bits per heavy atom. The number of hydrogen-bond acceptors (Lipinski definition) is 4. The molecule has 1 saturated carbocycles. The highest BCUT2D eigenvalue weighted by molar-refractivity contribution is 6.09. The van der Waals surface area contributed by atoms with Gasteiger partial charge in [-0.3, -0.25) is 14.5 Å². The summed E-state index contributed by atoms with van der Waals surface area (Å²) in [5.74, 6) is -0.394. The van der Waals surface area contributed by atoms with E-state index in [1.54, 1.807) is 17.4 Å². The number of nitrogens with zero attached hydrogens (tertiary/aromatic N) is 4. The lowest BCUT2D eigenvalue weighted by molar-refractivity contribution is -0.139. The van der Waals surface area contributed by atoms with Crippen molar-refractivity contribution in [1.29, 1.82) is 0 Å². The van der Waals surface area contributed by atoms with E-state index < -0.39 is 11.6 Å². The molecule has 0 radical (unpaired) electrons. The van der Waals surface area contributed by atoms with Crippen molar-refractivity contribution < 1.29 is 14.4 Å². The fourth-order valence-corrected chi connectivity index (χ4v) is 4.28. The highest BCUT2D eigenvalue weighted by Gasteiger charge is 2.52. The summed E-state index contributed by atoms with van der Waals surface area (Å²) in [4.78, 5) is 44.5. The molecule has 1 atom stereocenters. The zero-order valence-electron chi connectivity index (χ0n) is 14.2. The predicted molar refractivity (Wildman–Crippen MR) is 88.5 cm³/mol. The van der Waals surface area contributed by atoms with Gasteiger partial charge in [0.2, 0.25) is 5.91 Å². The molecule has 3 fully saturated rings. The number of imidazole rings is 1. The van der Waals surface area contributed by atoms with Crippen molar-refractivity contribution in [2.24, 2.45) is 0 Å². The molecule has 3 aliphatic rings. The standard InChI is InChI=1S/C17H23N5O3/c23-14(20-8-3-4-13(10-20)21-9-7-18-12-21)11-22-15(24)17(19-16(22)25)5-1-2-6-17/h7,9,12-13H,1-6,8,10-11H2,(H,19,25)/t13-/m0/s1. The van der Waals surface area contributed by atoms with Crippen LogP contribution in [0.3, 0.4) is 0 Å². The molecule has 25 heavy (non-hydrogen) atoms. The zero-order chi connectivity index (χ0) is 17.4. The molecule has 1 aromatic heterocycles. The number of hydrogen-bond donors (Lipinski definition) is 1. The number of imide groups is 1. The van der Waals surface area contributed by atoms with E-state index in [1.807, 2.05) is 10.8 Å². The van der Waals surface area contributed by atoms with Gasteiger partial charge in [0.15, 0.2) is 0 Å². The molecule has 8 nitrogen and oxygen atoms in total. The van der Waals surface area contributed by atoms with E-state index in [4.69, 9.17) is 0 Å². The van der Waals surface area contributed by atoms with Crippen LogP contribution in [0.15, 0.2) is 18.7 Å². The topological polar surface area (TPSA) is 87.5 Å². The Hall–Kier alpha value is -2.38. The number of amides is 4. The normalized spacial score (nSPS) is 25.7. The number of carbonyl (C=O) groups is 3. The minimum atomic E-state index is -0.751. The SMILES string of the molecule is O=C(CN1C(=O)NC2(CCCC2)C1=O)N1CCC[C@H](n2ccnc2)C1. The second-order valence-corrected chi connectivity index (χ2v) is 7.26. The summed E-state index contributed by atoms with van der Waals surface area (Å²) in [5.41, 5.74) is -0.751. The highest BCUT2D eigenvalue weighted by Crippen LogP contribution is 2.35. The van der Waals surface area contributed by atoms with Crippen LogP contribution in [0.25, 0.3) is 0 Å². The van der Waals surface area contributed by atoms with Crippen molar-refractivity contribution in [2.45, 2.75) is 50.1 Å². The van der Waals surface area contributed by atoms with Crippen molar-refractivity contribution in [1.82, 2.24) is 24.7 Å². The highest BCUT2D eigenvalue weighted by atomic mass is 16.2. The first-order valence-electron chi connectivity index (χ1n) is 8.98. The van der Waals surface area contributed by atoms with Crippen LogP contribution in [-0.4, -0.2) is 62.4 Å². The van der Waals surface area contributed by atoms with Crippen LogP contribution in [-0.2, 0) is 9.59 Å². The Morgan fingerprint density at radius 3 is 2.80 bits per heavy atom. The average molecular weight is 345 g/mol. The van der Waals surface area contributed by atoms with Gasteiger partial charge >= 0.3 is 6.03 Å². The van der Waals surface area contributed by atoms with E-state index in [0.29, 0.717) is 25.9 Å². The van der Waals surface area contributed by atoms with Crippen LogP contribution >= 0.6 is 0 Å². The number of aromatic nitrogens is 2. The molecule has 0 unspecified atom stereocenters. The molecule has 1 aromatic rings. The maximum Gasteiger partial charge on any atom is 0.325 e. The fourth-order valence-electron chi connectivity index (χ4n) is 4.28. The maximum absolute atomic E-state index is 12.7. The first-order valence-corrected chi connectivity index (χ1v) is 8.98. The van der Waals surface area contributed by atoms with E-state index in [1.165, 1.54) is 0 Å². The van der Waals surface area contributed by atoms with Gasteiger partial charge in [-0.15, -0.1) is 0 Å². The minimum absolute atomic E-state index is 0.164. The molecule has 4 rings (SSSR count). The van der Waals surface area contributed by atoms with Gasteiger partial charge in [-0.1, -0.05) is 12.8 Å². The van der Waals surface area contributed by atoms with Crippen molar-refractivity contribution in [2.75, 3.05) is 19.6 Å². The molecule has 1 aliphatic carbocycles. The van der Waals surface area contributed by atoms with Crippen LogP contribution in [0.5, 0.6) is 0 Å². The summed E-state index contributed by atoms with van der Waals surface area (Å²) in [6.07, 6.45) is 10.5. The van der Waals surface area contributed by atoms with Crippen molar-refractivity contribution in [3.05, 3.63) is 18.7 Å². The van der Waals surface area contributed by atoms with Crippen LogP contribution in [0.4, 0.5) is 4.79 Å². The van der Waals surface area contributed by atoms with Crippen LogP contribution < -0.4 is 5.32 Å². The van der Waals surface area contributed by atoms with Gasteiger partial charge in [0.25, 0.3) is 5.91 Å². The van der Waals surface area contributed by atoms with Gasteiger partial charge in [0, 0.05) is 25.5 Å². The third-order valence-corrected chi connectivity index (χ3v) is 5.69. The number of nitrogens with one attached hydrogen (secondary N) is 1. The smallest absolute Gasteiger partial charge is 0.325 e. The minimum Gasteiger partial charge on any atom is -0.339 e. The number of likely N-dealkylation sites (tertiary alicyclic amines) is 1. The Balaban J connectivity index is 1.41. The molecule has 1 N–H and O–H groups in total. The van der Waals surface area contributed by atoms with Gasteiger partial charge in [0.05, 0.1) is 12.4 Å². The maximum atomic E-state index is 12.7. The lowest BCUT2D eigenvalue weighted by atomic mass is 9.98. The third kappa shape index (κ3) is 2.79. The molecule has 134 valence electrons. The monoisotopic (exact) mass is 345 g/mol. The lowest BCUT2D eigenvalue weighted by Gasteiger charge is -2.34. The summed E-state index contributed by atoms with van der Waals surface area (Å²) in [5, 5.41) is 2.82. The second kappa shape index (κ2) is 6.16. The third-order valence-electron chi connectivity index (χ3n) is 5.69. The van der Waals surface area contributed by atoms with E-state index in [-0.39, 0.29) is 24.4 Å². The number of piperidine rings is 1. The summed E-state index contributed by atoms with van der Waals surface area (Å²) < 4.78 is 2.01. The van der Waals surface area contributed by atoms with Crippen molar-refractivity contribution >= 4 is 17.8 Å².